The quantitative estimate of drug-likeness (QED) is 0.182. The molecule has 2 aliphatic heterocycles. The molecule has 0 aliphatic carbocycles. The van der Waals surface area contributed by atoms with Gasteiger partial charge < -0.3 is 0 Å². The predicted molar refractivity (Wildman–Crippen MR) is 200 cm³/mol. The van der Waals surface area contributed by atoms with Crippen molar-refractivity contribution < 1.29 is 0 Å². The maximum atomic E-state index is 5.09. The Bertz CT molecular complexity index is 2460. The van der Waals surface area contributed by atoms with Crippen molar-refractivity contribution in [2.45, 2.75) is 24.9 Å². The standard InChI is InChI=1S/C43H32N4Si/c1-3-13-29(14-4-1)41-44-42(30-15-5-2-6-16-30)46-43(45-41)47-37-19-9-7-17-33(37)35-27-31(21-23-38(35)47)32-22-24-40-36(28-32)34-18-8-10-20-39(34)48(40)25-11-12-26-48/h1-10,13-24,27-28H,11-12,25-26H2. The van der Waals surface area contributed by atoms with Crippen molar-refractivity contribution in [2.24, 2.45) is 0 Å². The third-order valence-corrected chi connectivity index (χ3v) is 16.0. The molecule has 0 saturated carbocycles. The molecule has 0 amide bonds. The van der Waals surface area contributed by atoms with Gasteiger partial charge in [-0.25, -0.2) is 4.98 Å². The lowest BCUT2D eigenvalue weighted by molar-refractivity contribution is 0.935. The van der Waals surface area contributed by atoms with Crippen molar-refractivity contribution in [1.29, 1.82) is 0 Å². The fourth-order valence-corrected chi connectivity index (χ4v) is 14.0. The summed E-state index contributed by atoms with van der Waals surface area (Å²) < 4.78 is 2.20. The summed E-state index contributed by atoms with van der Waals surface area (Å²) in [6.07, 6.45) is 2.73. The number of aromatic nitrogens is 4. The molecular formula is C43H32N4Si. The van der Waals surface area contributed by atoms with Gasteiger partial charge in [-0.1, -0.05) is 134 Å². The molecule has 1 fully saturated rings. The van der Waals surface area contributed by atoms with E-state index in [1.807, 2.05) is 36.4 Å². The Morgan fingerprint density at radius 3 is 1.77 bits per heavy atom. The normalized spacial score (nSPS) is 14.5. The van der Waals surface area contributed by atoms with Gasteiger partial charge in [-0.15, -0.1) is 0 Å². The van der Waals surface area contributed by atoms with E-state index in [-0.39, 0.29) is 0 Å². The summed E-state index contributed by atoms with van der Waals surface area (Å²) in [4.78, 5) is 15.1. The summed E-state index contributed by atoms with van der Waals surface area (Å²) in [5.74, 6) is 1.93. The highest BCUT2D eigenvalue weighted by Gasteiger charge is 2.46. The molecule has 0 unspecified atom stereocenters. The summed E-state index contributed by atoms with van der Waals surface area (Å²) in [5.41, 5.74) is 9.50. The largest absolute Gasteiger partial charge is 0.278 e. The summed E-state index contributed by atoms with van der Waals surface area (Å²) >= 11 is 0. The third kappa shape index (κ3) is 4.11. The molecule has 0 N–H and O–H groups in total. The molecule has 5 heteroatoms. The second-order valence-electron chi connectivity index (χ2n) is 13.2. The molecule has 10 rings (SSSR count). The van der Waals surface area contributed by atoms with Gasteiger partial charge in [-0.3, -0.25) is 4.57 Å². The molecule has 1 saturated heterocycles. The van der Waals surface area contributed by atoms with Crippen molar-refractivity contribution in [1.82, 2.24) is 19.5 Å². The molecule has 0 bridgehead atoms. The number of rotatable bonds is 4. The van der Waals surface area contributed by atoms with Gasteiger partial charge in [0.1, 0.15) is 8.07 Å². The van der Waals surface area contributed by atoms with E-state index in [9.17, 15) is 0 Å². The van der Waals surface area contributed by atoms with Crippen LogP contribution in [0.3, 0.4) is 0 Å². The molecule has 2 aromatic heterocycles. The van der Waals surface area contributed by atoms with Crippen LogP contribution in [0.5, 0.6) is 0 Å². The van der Waals surface area contributed by atoms with E-state index >= 15 is 0 Å². The molecule has 2 aliphatic rings. The van der Waals surface area contributed by atoms with Gasteiger partial charge in [0.15, 0.2) is 11.6 Å². The Balaban J connectivity index is 1.16. The fourth-order valence-electron chi connectivity index (χ4n) is 8.43. The minimum Gasteiger partial charge on any atom is -0.278 e. The highest BCUT2D eigenvalue weighted by molar-refractivity contribution is 7.06. The molecule has 0 radical (unpaired) electrons. The Hall–Kier alpha value is -5.65. The Kier molecular flexibility index (Phi) is 6.12. The Labute approximate surface area is 280 Å². The van der Waals surface area contributed by atoms with Crippen LogP contribution < -0.4 is 10.4 Å². The first kappa shape index (κ1) is 27.5. The summed E-state index contributed by atoms with van der Waals surface area (Å²) in [7, 11) is -1.63. The van der Waals surface area contributed by atoms with E-state index in [1.165, 1.54) is 58.0 Å². The van der Waals surface area contributed by atoms with Crippen LogP contribution in [0, 0.1) is 0 Å². The van der Waals surface area contributed by atoms with Gasteiger partial charge >= 0.3 is 0 Å². The molecule has 4 nitrogen and oxygen atoms in total. The Morgan fingerprint density at radius 2 is 1.02 bits per heavy atom. The van der Waals surface area contributed by atoms with Crippen LogP contribution in [-0.4, -0.2) is 27.6 Å². The first-order chi connectivity index (χ1) is 23.8. The number of nitrogens with zero attached hydrogens (tertiary/aromatic N) is 4. The summed E-state index contributed by atoms with van der Waals surface area (Å²) in [6.45, 7) is 0. The van der Waals surface area contributed by atoms with Crippen LogP contribution >= 0.6 is 0 Å². The number of hydrogen-bond acceptors (Lipinski definition) is 3. The zero-order chi connectivity index (χ0) is 31.7. The van der Waals surface area contributed by atoms with E-state index < -0.39 is 8.07 Å². The molecule has 228 valence electrons. The maximum Gasteiger partial charge on any atom is 0.238 e. The first-order valence-corrected chi connectivity index (χ1v) is 19.3. The summed E-state index contributed by atoms with van der Waals surface area (Å²) in [5, 5.41) is 5.69. The Morgan fingerprint density at radius 1 is 0.438 bits per heavy atom. The smallest absolute Gasteiger partial charge is 0.238 e. The lowest BCUT2D eigenvalue weighted by Gasteiger charge is -2.23. The molecule has 0 atom stereocenters. The average molecular weight is 633 g/mol. The van der Waals surface area contributed by atoms with Crippen molar-refractivity contribution in [3.05, 3.63) is 146 Å². The van der Waals surface area contributed by atoms with Crippen LogP contribution in [0.25, 0.3) is 72.8 Å². The van der Waals surface area contributed by atoms with Crippen LogP contribution in [-0.2, 0) is 0 Å². The van der Waals surface area contributed by atoms with Crippen molar-refractivity contribution in [3.63, 3.8) is 0 Å². The summed E-state index contributed by atoms with van der Waals surface area (Å²) in [6, 6.07) is 55.2. The number of fused-ring (bicyclic) bond motifs is 8. The second-order valence-corrected chi connectivity index (χ2v) is 17.4. The third-order valence-electron chi connectivity index (χ3n) is 10.6. The number of para-hydroxylation sites is 1. The number of benzene rings is 6. The molecule has 4 heterocycles. The highest BCUT2D eigenvalue weighted by atomic mass is 28.3. The van der Waals surface area contributed by atoms with Gasteiger partial charge in [0.2, 0.25) is 5.95 Å². The van der Waals surface area contributed by atoms with Crippen molar-refractivity contribution in [3.8, 4) is 51.0 Å². The SMILES string of the molecule is c1ccc(-c2nc(-c3ccccc3)nc(-n3c4ccccc4c4cc(-c5ccc6c(c5)-c5ccccc5[Si]65CCCC5)ccc43)n2)cc1. The van der Waals surface area contributed by atoms with Crippen LogP contribution in [0.1, 0.15) is 12.8 Å². The van der Waals surface area contributed by atoms with E-state index in [0.29, 0.717) is 17.6 Å². The van der Waals surface area contributed by atoms with Gasteiger partial charge in [0.25, 0.3) is 0 Å². The van der Waals surface area contributed by atoms with Gasteiger partial charge in [0.05, 0.1) is 11.0 Å². The molecule has 6 aromatic carbocycles. The van der Waals surface area contributed by atoms with Crippen molar-refractivity contribution in [2.75, 3.05) is 0 Å². The molecule has 8 aromatic rings. The van der Waals surface area contributed by atoms with E-state index in [4.69, 9.17) is 15.0 Å². The van der Waals surface area contributed by atoms with E-state index in [0.717, 1.165) is 22.2 Å². The van der Waals surface area contributed by atoms with Gasteiger partial charge in [-0.2, -0.15) is 9.97 Å². The number of hydrogen-bond donors (Lipinski definition) is 0. The highest BCUT2D eigenvalue weighted by Crippen LogP contribution is 2.41. The van der Waals surface area contributed by atoms with Gasteiger partial charge in [-0.05, 0) is 69.0 Å². The lowest BCUT2D eigenvalue weighted by Crippen LogP contribution is -2.52. The van der Waals surface area contributed by atoms with Gasteiger partial charge in [0, 0.05) is 21.9 Å². The predicted octanol–water partition coefficient (Wildman–Crippen LogP) is 9.31. The maximum absolute atomic E-state index is 5.09. The minimum absolute atomic E-state index is 0.614. The fraction of sp³-hybridized carbons (Fsp3) is 0.0930. The van der Waals surface area contributed by atoms with Crippen LogP contribution in [0.15, 0.2) is 146 Å². The van der Waals surface area contributed by atoms with E-state index in [1.54, 1.807) is 10.4 Å². The van der Waals surface area contributed by atoms with E-state index in [2.05, 4.69) is 114 Å². The molecule has 1 spiro atoms. The lowest BCUT2D eigenvalue weighted by atomic mass is 9.98. The minimum atomic E-state index is -1.63. The molecule has 48 heavy (non-hydrogen) atoms. The zero-order valence-corrected chi connectivity index (χ0v) is 27.5. The zero-order valence-electron chi connectivity index (χ0n) is 26.5. The average Bonchev–Trinajstić information content (AvgIpc) is 3.86. The second kappa shape index (κ2) is 10.7. The van der Waals surface area contributed by atoms with Crippen molar-refractivity contribution >= 4 is 40.3 Å². The first-order valence-electron chi connectivity index (χ1n) is 16.9. The van der Waals surface area contributed by atoms with Crippen LogP contribution in [0.2, 0.25) is 12.1 Å². The monoisotopic (exact) mass is 632 g/mol. The molecular weight excluding hydrogens is 601 g/mol. The topological polar surface area (TPSA) is 43.6 Å². The van der Waals surface area contributed by atoms with Crippen LogP contribution in [0.4, 0.5) is 0 Å².